The van der Waals surface area contributed by atoms with Crippen molar-refractivity contribution in [3.05, 3.63) is 0 Å². The molecule has 0 radical (unpaired) electrons. The summed E-state index contributed by atoms with van der Waals surface area (Å²) in [7, 11) is 0. The van der Waals surface area contributed by atoms with Crippen LogP contribution in [0.15, 0.2) is 4.99 Å². The van der Waals surface area contributed by atoms with Gasteiger partial charge in [0.2, 0.25) is 5.91 Å². The van der Waals surface area contributed by atoms with Crippen LogP contribution in [0.3, 0.4) is 0 Å². The van der Waals surface area contributed by atoms with Crippen molar-refractivity contribution in [3.63, 3.8) is 0 Å². The van der Waals surface area contributed by atoms with Crippen LogP contribution in [0.25, 0.3) is 0 Å². The summed E-state index contributed by atoms with van der Waals surface area (Å²) in [4.78, 5) is 25.2. The number of hydrogen-bond donors (Lipinski definition) is 1. The first-order valence-corrected chi connectivity index (χ1v) is 3.62. The SMILES string of the molecule is CC(C)C1C(=O)N=C([O-])NC1=O.[Na+]. The van der Waals surface area contributed by atoms with E-state index in [1.54, 1.807) is 13.8 Å². The van der Waals surface area contributed by atoms with Gasteiger partial charge in [-0.1, -0.05) is 13.8 Å². The Kier molecular flexibility index (Phi) is 4.60. The van der Waals surface area contributed by atoms with Gasteiger partial charge in [-0.2, -0.15) is 0 Å². The molecular formula is C7H9N2NaO3. The molecule has 1 aliphatic heterocycles. The van der Waals surface area contributed by atoms with Gasteiger partial charge in [-0.05, 0) is 5.92 Å². The summed E-state index contributed by atoms with van der Waals surface area (Å²) in [5.41, 5.74) is 0. The van der Waals surface area contributed by atoms with Gasteiger partial charge < -0.3 is 10.4 Å². The average molecular weight is 192 g/mol. The molecule has 66 valence electrons. The van der Waals surface area contributed by atoms with E-state index in [2.05, 4.69) is 4.99 Å². The van der Waals surface area contributed by atoms with Crippen LogP contribution in [0.1, 0.15) is 13.8 Å². The van der Waals surface area contributed by atoms with E-state index >= 15 is 0 Å². The molecular weight excluding hydrogens is 183 g/mol. The summed E-state index contributed by atoms with van der Waals surface area (Å²) >= 11 is 0. The van der Waals surface area contributed by atoms with Crippen molar-refractivity contribution in [2.24, 2.45) is 16.8 Å². The molecule has 1 N–H and O–H groups in total. The van der Waals surface area contributed by atoms with Crippen molar-refractivity contribution >= 4 is 17.8 Å². The zero-order valence-corrected chi connectivity index (χ0v) is 9.83. The van der Waals surface area contributed by atoms with Gasteiger partial charge in [-0.3, -0.25) is 9.59 Å². The number of amidine groups is 1. The zero-order valence-electron chi connectivity index (χ0n) is 7.83. The second-order valence-corrected chi connectivity index (χ2v) is 2.97. The monoisotopic (exact) mass is 192 g/mol. The van der Waals surface area contributed by atoms with Gasteiger partial charge in [0, 0.05) is 0 Å². The molecule has 1 heterocycles. The summed E-state index contributed by atoms with van der Waals surface area (Å²) in [6, 6.07) is -0.859. The molecule has 1 unspecified atom stereocenters. The van der Waals surface area contributed by atoms with E-state index in [-0.39, 0.29) is 35.5 Å². The first-order chi connectivity index (χ1) is 5.52. The van der Waals surface area contributed by atoms with Gasteiger partial charge in [-0.15, -0.1) is 0 Å². The fourth-order valence-corrected chi connectivity index (χ4v) is 1.08. The predicted molar refractivity (Wildman–Crippen MR) is 38.9 cm³/mol. The molecule has 1 rings (SSSR count). The van der Waals surface area contributed by atoms with E-state index in [9.17, 15) is 14.7 Å². The Morgan fingerprint density at radius 2 is 2.00 bits per heavy atom. The van der Waals surface area contributed by atoms with Crippen molar-refractivity contribution in [2.75, 3.05) is 0 Å². The predicted octanol–water partition coefficient (Wildman–Crippen LogP) is -4.36. The smallest absolute Gasteiger partial charge is 0.846 e. The Balaban J connectivity index is 0.00000144. The van der Waals surface area contributed by atoms with Gasteiger partial charge in [0.05, 0.1) is 6.02 Å². The van der Waals surface area contributed by atoms with Crippen molar-refractivity contribution < 1.29 is 44.3 Å². The molecule has 0 aromatic heterocycles. The number of carbonyl (C=O) groups is 2. The Bertz CT molecular complexity index is 262. The molecule has 13 heavy (non-hydrogen) atoms. The fraction of sp³-hybridized carbons (Fsp3) is 0.571. The zero-order chi connectivity index (χ0) is 9.30. The standard InChI is InChI=1S/C7H10N2O3.Na/c1-3(2)4-5(10)8-7(12)9-6(4)11;/h3-4H,1-2H3,(H2,8,9,10,11,12);/q;+1/p-1. The van der Waals surface area contributed by atoms with Gasteiger partial charge >= 0.3 is 29.6 Å². The van der Waals surface area contributed by atoms with Crippen molar-refractivity contribution in [1.82, 2.24) is 5.32 Å². The van der Waals surface area contributed by atoms with Gasteiger partial charge in [-0.25, -0.2) is 4.99 Å². The fourth-order valence-electron chi connectivity index (χ4n) is 1.08. The second kappa shape index (κ2) is 4.74. The summed E-state index contributed by atoms with van der Waals surface area (Å²) < 4.78 is 0. The van der Waals surface area contributed by atoms with Crippen LogP contribution in [0.4, 0.5) is 0 Å². The normalized spacial score (nSPS) is 22.1. The number of aliphatic imine (C=N–C) groups is 1. The van der Waals surface area contributed by atoms with E-state index in [0.29, 0.717) is 0 Å². The summed E-state index contributed by atoms with van der Waals surface area (Å²) in [5, 5.41) is 12.5. The molecule has 0 aliphatic carbocycles. The average Bonchev–Trinajstić information content (AvgIpc) is 1.82. The number of nitrogens with one attached hydrogen (secondary N) is 1. The molecule has 0 fully saturated rings. The summed E-state index contributed by atoms with van der Waals surface area (Å²) in [6.45, 7) is 3.46. The van der Waals surface area contributed by atoms with Crippen LogP contribution in [0.2, 0.25) is 0 Å². The topological polar surface area (TPSA) is 81.6 Å². The Morgan fingerprint density at radius 1 is 1.46 bits per heavy atom. The summed E-state index contributed by atoms with van der Waals surface area (Å²) in [6.07, 6.45) is 0. The van der Waals surface area contributed by atoms with Crippen molar-refractivity contribution in [1.29, 1.82) is 0 Å². The van der Waals surface area contributed by atoms with E-state index in [4.69, 9.17) is 0 Å². The number of amides is 2. The van der Waals surface area contributed by atoms with Gasteiger partial charge in [0.15, 0.2) is 0 Å². The number of hydrogen-bond acceptors (Lipinski definition) is 3. The largest absolute Gasteiger partial charge is 1.00 e. The third-order valence-corrected chi connectivity index (χ3v) is 1.66. The molecule has 6 heteroatoms. The minimum absolute atomic E-state index is 0. The third kappa shape index (κ3) is 2.79. The second-order valence-electron chi connectivity index (χ2n) is 2.97. The van der Waals surface area contributed by atoms with Crippen LogP contribution >= 0.6 is 0 Å². The molecule has 2 amide bonds. The van der Waals surface area contributed by atoms with Crippen LogP contribution in [-0.4, -0.2) is 17.8 Å². The Morgan fingerprint density at radius 3 is 2.38 bits per heavy atom. The molecule has 0 saturated heterocycles. The molecule has 0 aromatic carbocycles. The first kappa shape index (κ1) is 12.6. The van der Waals surface area contributed by atoms with E-state index < -0.39 is 23.8 Å². The van der Waals surface area contributed by atoms with Crippen LogP contribution in [-0.2, 0) is 9.59 Å². The minimum atomic E-state index is -0.859. The quantitative estimate of drug-likeness (QED) is 0.336. The maximum Gasteiger partial charge on any atom is 1.00 e. The van der Waals surface area contributed by atoms with Crippen LogP contribution < -0.4 is 40.0 Å². The van der Waals surface area contributed by atoms with Crippen LogP contribution in [0, 0.1) is 11.8 Å². The molecule has 0 spiro atoms. The molecule has 0 saturated carbocycles. The maximum absolute atomic E-state index is 11.0. The Labute approximate surface area is 97.9 Å². The van der Waals surface area contributed by atoms with Gasteiger partial charge in [0.25, 0.3) is 5.91 Å². The molecule has 0 bridgehead atoms. The van der Waals surface area contributed by atoms with Crippen molar-refractivity contribution in [3.8, 4) is 0 Å². The maximum atomic E-state index is 11.0. The molecule has 5 nitrogen and oxygen atoms in total. The summed E-state index contributed by atoms with van der Waals surface area (Å²) in [5.74, 6) is -2.12. The van der Waals surface area contributed by atoms with E-state index in [1.807, 2.05) is 5.32 Å². The first-order valence-electron chi connectivity index (χ1n) is 3.62. The third-order valence-electron chi connectivity index (χ3n) is 1.66. The number of nitrogens with zero attached hydrogens (tertiary/aromatic N) is 1. The minimum Gasteiger partial charge on any atom is -0.846 e. The van der Waals surface area contributed by atoms with E-state index in [1.165, 1.54) is 0 Å². The Hall–Kier alpha value is -0.390. The molecule has 1 aliphatic rings. The van der Waals surface area contributed by atoms with E-state index in [0.717, 1.165) is 0 Å². The number of carbonyl (C=O) groups excluding carboxylic acids is 2. The molecule has 0 aromatic rings. The molecule has 1 atom stereocenters. The van der Waals surface area contributed by atoms with Crippen LogP contribution in [0.5, 0.6) is 0 Å². The van der Waals surface area contributed by atoms with Gasteiger partial charge in [0.1, 0.15) is 5.92 Å². The van der Waals surface area contributed by atoms with Crippen molar-refractivity contribution in [2.45, 2.75) is 13.8 Å². The number of rotatable bonds is 1.